The number of aromatic nitrogens is 1. The summed E-state index contributed by atoms with van der Waals surface area (Å²) in [7, 11) is 0. The Morgan fingerprint density at radius 2 is 2.30 bits per heavy atom. The molecule has 2 N–H and O–H groups in total. The highest BCUT2D eigenvalue weighted by molar-refractivity contribution is 5.12. The van der Waals surface area contributed by atoms with Crippen molar-refractivity contribution >= 4 is 0 Å². The summed E-state index contributed by atoms with van der Waals surface area (Å²) in [6, 6.07) is 3.52. The number of hydrogen-bond acceptors (Lipinski definition) is 2. The first kappa shape index (κ1) is 7.18. The summed E-state index contributed by atoms with van der Waals surface area (Å²) in [5.74, 6) is 0. The van der Waals surface area contributed by atoms with Crippen LogP contribution in [0.15, 0.2) is 18.3 Å². The number of nitrogens with zero attached hydrogens (tertiary/aromatic N) is 1. The minimum absolute atomic E-state index is 0.0191. The van der Waals surface area contributed by atoms with Gasteiger partial charge in [0.05, 0.1) is 18.8 Å². The zero-order valence-corrected chi connectivity index (χ0v) is 5.54. The molecule has 0 fully saturated rings. The third-order valence-corrected chi connectivity index (χ3v) is 1.25. The van der Waals surface area contributed by atoms with Crippen LogP contribution in [-0.2, 0) is 13.2 Å². The molecule has 53 valence electrons. The van der Waals surface area contributed by atoms with Gasteiger partial charge in [-0.3, -0.25) is 10.7 Å². The van der Waals surface area contributed by atoms with Crippen molar-refractivity contribution in [3.05, 3.63) is 29.6 Å². The highest BCUT2D eigenvalue weighted by Gasteiger charge is 1.90. The fourth-order valence-corrected chi connectivity index (χ4v) is 0.653. The van der Waals surface area contributed by atoms with E-state index in [2.05, 4.69) is 4.98 Å². The van der Waals surface area contributed by atoms with Crippen molar-refractivity contribution in [2.75, 3.05) is 0 Å². The van der Waals surface area contributed by atoms with E-state index in [0.29, 0.717) is 0 Å². The maximum absolute atomic E-state index is 8.61. The highest BCUT2D eigenvalue weighted by atomic mass is 16.3. The Bertz CT molecular complexity index is 172. The second kappa shape index (κ2) is 3.29. The Balaban J connectivity index is 2.80. The number of hydrogen-bond donors (Lipinski definition) is 1. The molecule has 10 heavy (non-hydrogen) atoms. The van der Waals surface area contributed by atoms with Crippen LogP contribution in [0.4, 0.5) is 0 Å². The number of rotatable bonds is 2. The average molecular weight is 137 g/mol. The fourth-order valence-electron chi connectivity index (χ4n) is 0.653. The van der Waals surface area contributed by atoms with Crippen LogP contribution in [-0.4, -0.2) is 10.1 Å². The van der Waals surface area contributed by atoms with E-state index in [-0.39, 0.29) is 13.2 Å². The lowest BCUT2D eigenvalue weighted by molar-refractivity contribution is 0.281. The van der Waals surface area contributed by atoms with Crippen LogP contribution >= 0.6 is 0 Å². The maximum atomic E-state index is 8.61. The molecule has 0 atom stereocenters. The molecule has 1 aromatic heterocycles. The van der Waals surface area contributed by atoms with Crippen LogP contribution in [0.2, 0.25) is 0 Å². The second-order valence-corrected chi connectivity index (χ2v) is 1.99. The molecule has 0 aromatic carbocycles. The lowest BCUT2D eigenvalue weighted by Gasteiger charge is -1.95. The van der Waals surface area contributed by atoms with Crippen LogP contribution in [0.25, 0.3) is 0 Å². The van der Waals surface area contributed by atoms with E-state index >= 15 is 0 Å². The van der Waals surface area contributed by atoms with Gasteiger partial charge in [-0.25, -0.2) is 0 Å². The lowest BCUT2D eigenvalue weighted by atomic mass is 10.2. The molecular weight excluding hydrogens is 128 g/mol. The van der Waals surface area contributed by atoms with Gasteiger partial charge in [0, 0.05) is 6.20 Å². The van der Waals surface area contributed by atoms with Crippen molar-refractivity contribution in [1.29, 1.82) is 0 Å². The number of aliphatic hydroxyl groups excluding tert-OH is 1. The van der Waals surface area contributed by atoms with Gasteiger partial charge in [0.2, 0.25) is 0 Å². The van der Waals surface area contributed by atoms with Gasteiger partial charge in [0.25, 0.3) is 0 Å². The topological polar surface area (TPSA) is 56.9 Å². The summed E-state index contributed by atoms with van der Waals surface area (Å²) in [5.41, 5.74) is 8.47. The smallest absolute Gasteiger partial charge is 0.0696 e. The third-order valence-electron chi connectivity index (χ3n) is 1.25. The van der Waals surface area contributed by atoms with Crippen molar-refractivity contribution in [1.82, 2.24) is 10.7 Å². The predicted molar refractivity (Wildman–Crippen MR) is 37.0 cm³/mol. The highest BCUT2D eigenvalue weighted by Crippen LogP contribution is 1.98. The number of pyridine rings is 1. The molecule has 3 heteroatoms. The number of aliphatic hydroxyl groups is 1. The normalized spacial score (nSPS) is 9.80. The van der Waals surface area contributed by atoms with Crippen molar-refractivity contribution in [2.24, 2.45) is 0 Å². The summed E-state index contributed by atoms with van der Waals surface area (Å²) >= 11 is 0. The minimum atomic E-state index is 0.0191. The Labute approximate surface area is 59.5 Å². The van der Waals surface area contributed by atoms with E-state index in [0.717, 1.165) is 11.3 Å². The zero-order chi connectivity index (χ0) is 7.40. The van der Waals surface area contributed by atoms with E-state index in [1.807, 2.05) is 0 Å². The summed E-state index contributed by atoms with van der Waals surface area (Å²) < 4.78 is 0. The molecule has 0 saturated carbocycles. The first-order valence-electron chi connectivity index (χ1n) is 3.06. The molecule has 0 bridgehead atoms. The Hall–Kier alpha value is -0.930. The van der Waals surface area contributed by atoms with Gasteiger partial charge < -0.3 is 5.11 Å². The Kier molecular flexibility index (Phi) is 2.36. The average Bonchev–Trinajstić information content (AvgIpc) is 2.05. The first-order chi connectivity index (χ1) is 4.86. The van der Waals surface area contributed by atoms with Crippen molar-refractivity contribution in [2.45, 2.75) is 13.2 Å². The molecule has 0 amide bonds. The lowest BCUT2D eigenvalue weighted by Crippen LogP contribution is -1.91. The van der Waals surface area contributed by atoms with Gasteiger partial charge in [-0.15, -0.1) is 0 Å². The third kappa shape index (κ3) is 1.52. The van der Waals surface area contributed by atoms with Gasteiger partial charge in [-0.05, 0) is 11.6 Å². The molecule has 0 aliphatic heterocycles. The van der Waals surface area contributed by atoms with Crippen molar-refractivity contribution in [3.8, 4) is 0 Å². The first-order valence-corrected chi connectivity index (χ1v) is 3.06. The summed E-state index contributed by atoms with van der Waals surface area (Å²) in [6.45, 7) is 0.219. The quantitative estimate of drug-likeness (QED) is 0.639. The summed E-state index contributed by atoms with van der Waals surface area (Å²) in [5, 5.41) is 8.61. The SMILES string of the molecule is [NH]Cc1ccc(CO)cn1. The van der Waals surface area contributed by atoms with E-state index in [1.54, 1.807) is 18.3 Å². The maximum Gasteiger partial charge on any atom is 0.0696 e. The molecule has 0 aliphatic carbocycles. The predicted octanol–water partition coefficient (Wildman–Crippen LogP) is 0.357. The molecule has 0 spiro atoms. The molecule has 0 aliphatic rings. The van der Waals surface area contributed by atoms with E-state index in [1.165, 1.54) is 0 Å². The second-order valence-electron chi connectivity index (χ2n) is 1.99. The Morgan fingerprint density at radius 1 is 1.50 bits per heavy atom. The van der Waals surface area contributed by atoms with Gasteiger partial charge >= 0.3 is 0 Å². The molecule has 0 unspecified atom stereocenters. The molecule has 1 aromatic rings. The van der Waals surface area contributed by atoms with E-state index in [9.17, 15) is 0 Å². The fraction of sp³-hybridized carbons (Fsp3) is 0.286. The largest absolute Gasteiger partial charge is 0.392 e. The molecule has 3 nitrogen and oxygen atoms in total. The van der Waals surface area contributed by atoms with Crippen molar-refractivity contribution in [3.63, 3.8) is 0 Å². The summed E-state index contributed by atoms with van der Waals surface area (Å²) in [4.78, 5) is 3.92. The molecule has 0 saturated heterocycles. The monoisotopic (exact) mass is 137 g/mol. The summed E-state index contributed by atoms with van der Waals surface area (Å²) in [6.07, 6.45) is 1.59. The molecule has 1 radical (unpaired) electrons. The van der Waals surface area contributed by atoms with Gasteiger partial charge in [0.15, 0.2) is 0 Å². The van der Waals surface area contributed by atoms with Crippen LogP contribution in [0, 0.1) is 0 Å². The standard InChI is InChI=1S/C7H9N2O/c8-3-7-2-1-6(5-10)4-9-7/h1-2,4,8,10H,3,5H2. The van der Waals surface area contributed by atoms with Crippen molar-refractivity contribution < 1.29 is 5.11 Å². The number of nitrogens with one attached hydrogen (secondary N) is 1. The van der Waals surface area contributed by atoms with E-state index < -0.39 is 0 Å². The zero-order valence-electron chi connectivity index (χ0n) is 5.54. The van der Waals surface area contributed by atoms with Crippen LogP contribution in [0.5, 0.6) is 0 Å². The van der Waals surface area contributed by atoms with Gasteiger partial charge in [0.1, 0.15) is 0 Å². The van der Waals surface area contributed by atoms with Crippen LogP contribution in [0.1, 0.15) is 11.3 Å². The minimum Gasteiger partial charge on any atom is -0.392 e. The van der Waals surface area contributed by atoms with Crippen LogP contribution < -0.4 is 5.73 Å². The van der Waals surface area contributed by atoms with Crippen LogP contribution in [0.3, 0.4) is 0 Å². The van der Waals surface area contributed by atoms with E-state index in [4.69, 9.17) is 10.8 Å². The molecule has 1 heterocycles. The van der Waals surface area contributed by atoms with Gasteiger partial charge in [-0.1, -0.05) is 6.07 Å². The molecule has 1 rings (SSSR count). The molecular formula is C7H9N2O. The Morgan fingerprint density at radius 3 is 2.70 bits per heavy atom. The van der Waals surface area contributed by atoms with Gasteiger partial charge in [-0.2, -0.15) is 0 Å².